The second-order valence-corrected chi connectivity index (χ2v) is 4.57. The molecular weight excluding hydrogens is 287 g/mol. The van der Waals surface area contributed by atoms with Gasteiger partial charge in [-0.15, -0.1) is 24.8 Å². The molecule has 1 aliphatic rings. The summed E-state index contributed by atoms with van der Waals surface area (Å²) in [6.45, 7) is 7.84. The molecule has 1 aromatic heterocycles. The van der Waals surface area contributed by atoms with Gasteiger partial charge in [0.25, 0.3) is 0 Å². The van der Waals surface area contributed by atoms with Gasteiger partial charge in [-0.2, -0.15) is 5.10 Å². The van der Waals surface area contributed by atoms with Crippen LogP contribution in [0.5, 0.6) is 0 Å². The van der Waals surface area contributed by atoms with Gasteiger partial charge in [0.15, 0.2) is 0 Å². The topological polar surface area (TPSA) is 50.2 Å². The molecule has 0 aliphatic carbocycles. The van der Waals surface area contributed by atoms with Crippen molar-refractivity contribution in [3.8, 4) is 0 Å². The van der Waals surface area contributed by atoms with Crippen molar-refractivity contribution in [2.45, 2.75) is 26.8 Å². The van der Waals surface area contributed by atoms with Crippen molar-refractivity contribution < 1.29 is 4.79 Å². The van der Waals surface area contributed by atoms with Gasteiger partial charge >= 0.3 is 0 Å². The van der Waals surface area contributed by atoms with Crippen LogP contribution in [0.2, 0.25) is 0 Å². The van der Waals surface area contributed by atoms with Gasteiger partial charge in [0, 0.05) is 25.3 Å². The molecule has 0 atom stereocenters. The lowest BCUT2D eigenvalue weighted by Crippen LogP contribution is -2.36. The predicted molar refractivity (Wildman–Crippen MR) is 80.3 cm³/mol. The van der Waals surface area contributed by atoms with Gasteiger partial charge in [0.2, 0.25) is 5.91 Å². The fourth-order valence-electron chi connectivity index (χ4n) is 2.16. The maximum absolute atomic E-state index is 12.1. The molecular formula is C12H22Cl2N4O. The third kappa shape index (κ3) is 5.01. The number of carbonyl (C=O) groups is 1. The third-order valence-corrected chi connectivity index (χ3v) is 3.08. The molecule has 2 rings (SSSR count). The molecule has 0 bridgehead atoms. The van der Waals surface area contributed by atoms with Crippen molar-refractivity contribution in [2.24, 2.45) is 0 Å². The summed E-state index contributed by atoms with van der Waals surface area (Å²) in [6, 6.07) is 2.00. The Bertz CT molecular complexity index is 400. The van der Waals surface area contributed by atoms with E-state index in [2.05, 4.69) is 10.4 Å². The molecule has 1 saturated heterocycles. The highest BCUT2D eigenvalue weighted by molar-refractivity contribution is 5.85. The summed E-state index contributed by atoms with van der Waals surface area (Å²) in [5, 5.41) is 7.62. The summed E-state index contributed by atoms with van der Waals surface area (Å²) in [7, 11) is 0. The molecule has 1 fully saturated rings. The van der Waals surface area contributed by atoms with Crippen LogP contribution in [0.4, 0.5) is 0 Å². The third-order valence-electron chi connectivity index (χ3n) is 3.08. The fraction of sp³-hybridized carbons (Fsp3) is 0.667. The lowest BCUT2D eigenvalue weighted by molar-refractivity contribution is -0.131. The molecule has 1 aliphatic heterocycles. The molecule has 7 heteroatoms. The zero-order valence-corrected chi connectivity index (χ0v) is 13.0. The molecule has 1 aromatic rings. The normalized spacial score (nSPS) is 15.2. The molecule has 5 nitrogen and oxygen atoms in total. The second-order valence-electron chi connectivity index (χ2n) is 4.57. The number of carbonyl (C=O) groups excluding carboxylic acids is 1. The van der Waals surface area contributed by atoms with Gasteiger partial charge in [-0.05, 0) is 32.9 Å². The first kappa shape index (κ1) is 18.2. The summed E-state index contributed by atoms with van der Waals surface area (Å²) in [6.07, 6.45) is 1.03. The van der Waals surface area contributed by atoms with E-state index >= 15 is 0 Å². The van der Waals surface area contributed by atoms with Crippen LogP contribution in [0.15, 0.2) is 6.07 Å². The number of aromatic nitrogens is 2. The largest absolute Gasteiger partial charge is 0.340 e. The lowest BCUT2D eigenvalue weighted by Gasteiger charge is -2.20. The Morgan fingerprint density at radius 2 is 2.05 bits per heavy atom. The average Bonchev–Trinajstić information content (AvgIpc) is 2.54. The summed E-state index contributed by atoms with van der Waals surface area (Å²) in [5.74, 6) is 0.167. The summed E-state index contributed by atoms with van der Waals surface area (Å²) >= 11 is 0. The van der Waals surface area contributed by atoms with E-state index in [1.807, 2.05) is 24.8 Å². The highest BCUT2D eigenvalue weighted by Gasteiger charge is 2.16. The van der Waals surface area contributed by atoms with E-state index in [0.29, 0.717) is 6.54 Å². The zero-order chi connectivity index (χ0) is 12.3. The Kier molecular flexibility index (Phi) is 8.06. The maximum Gasteiger partial charge on any atom is 0.244 e. The van der Waals surface area contributed by atoms with Crippen LogP contribution < -0.4 is 5.32 Å². The highest BCUT2D eigenvalue weighted by atomic mass is 35.5. The van der Waals surface area contributed by atoms with E-state index in [9.17, 15) is 4.79 Å². The van der Waals surface area contributed by atoms with Crippen molar-refractivity contribution >= 4 is 30.7 Å². The zero-order valence-electron chi connectivity index (χ0n) is 11.4. The average molecular weight is 309 g/mol. The van der Waals surface area contributed by atoms with E-state index < -0.39 is 0 Å². The Morgan fingerprint density at radius 1 is 1.32 bits per heavy atom. The number of hydrogen-bond donors (Lipinski definition) is 1. The van der Waals surface area contributed by atoms with Gasteiger partial charge in [-0.25, -0.2) is 0 Å². The Balaban J connectivity index is 0.00000162. The number of rotatable bonds is 2. The number of halogens is 2. The number of aryl methyl sites for hydroxylation is 2. The number of nitrogens with zero attached hydrogens (tertiary/aromatic N) is 3. The minimum atomic E-state index is 0. The minimum absolute atomic E-state index is 0. The first-order chi connectivity index (χ1) is 8.16. The Morgan fingerprint density at radius 3 is 2.68 bits per heavy atom. The van der Waals surface area contributed by atoms with Crippen LogP contribution in [0, 0.1) is 13.8 Å². The lowest BCUT2D eigenvalue weighted by atomic mass is 10.3. The van der Waals surface area contributed by atoms with Crippen LogP contribution in [0.25, 0.3) is 0 Å². The first-order valence-electron chi connectivity index (χ1n) is 6.16. The fourth-order valence-corrected chi connectivity index (χ4v) is 2.16. The number of hydrogen-bond acceptors (Lipinski definition) is 3. The van der Waals surface area contributed by atoms with E-state index in [1.54, 1.807) is 4.68 Å². The first-order valence-corrected chi connectivity index (χ1v) is 6.16. The monoisotopic (exact) mass is 308 g/mol. The molecule has 0 saturated carbocycles. The molecule has 110 valence electrons. The molecule has 0 spiro atoms. The summed E-state index contributed by atoms with van der Waals surface area (Å²) < 4.78 is 1.79. The highest BCUT2D eigenvalue weighted by Crippen LogP contribution is 2.04. The standard InChI is InChI=1S/C12H20N4O.2ClH/c1-10-8-11(2)16(14-10)9-12(17)15-6-3-4-13-5-7-15;;/h8,13H,3-7,9H2,1-2H3;2*1H. The molecule has 0 unspecified atom stereocenters. The van der Waals surface area contributed by atoms with E-state index in [1.165, 1.54) is 0 Å². The van der Waals surface area contributed by atoms with Crippen molar-refractivity contribution in [3.05, 3.63) is 17.5 Å². The van der Waals surface area contributed by atoms with Crippen LogP contribution in [-0.2, 0) is 11.3 Å². The summed E-state index contributed by atoms with van der Waals surface area (Å²) in [4.78, 5) is 14.0. The molecule has 19 heavy (non-hydrogen) atoms. The van der Waals surface area contributed by atoms with Gasteiger partial charge in [-0.3, -0.25) is 9.48 Å². The van der Waals surface area contributed by atoms with E-state index in [4.69, 9.17) is 0 Å². The van der Waals surface area contributed by atoms with Gasteiger partial charge in [-0.1, -0.05) is 0 Å². The predicted octanol–water partition coefficient (Wildman–Crippen LogP) is 1.17. The van der Waals surface area contributed by atoms with Gasteiger partial charge < -0.3 is 10.2 Å². The summed E-state index contributed by atoms with van der Waals surface area (Å²) in [5.41, 5.74) is 2.01. The molecule has 1 N–H and O–H groups in total. The van der Waals surface area contributed by atoms with Crippen molar-refractivity contribution in [1.82, 2.24) is 20.0 Å². The van der Waals surface area contributed by atoms with Crippen molar-refractivity contribution in [3.63, 3.8) is 0 Å². The van der Waals surface area contributed by atoms with Crippen LogP contribution in [0.3, 0.4) is 0 Å². The Hall–Kier alpha value is -0.780. The molecule has 1 amide bonds. The minimum Gasteiger partial charge on any atom is -0.340 e. The quantitative estimate of drug-likeness (QED) is 0.892. The van der Waals surface area contributed by atoms with Crippen LogP contribution >= 0.6 is 24.8 Å². The molecule has 0 aromatic carbocycles. The molecule has 2 heterocycles. The van der Waals surface area contributed by atoms with Crippen LogP contribution in [0.1, 0.15) is 17.8 Å². The van der Waals surface area contributed by atoms with Crippen molar-refractivity contribution in [2.75, 3.05) is 26.2 Å². The van der Waals surface area contributed by atoms with E-state index in [0.717, 1.165) is 44.0 Å². The second kappa shape index (κ2) is 8.40. The molecule has 0 radical (unpaired) electrons. The van der Waals surface area contributed by atoms with Gasteiger partial charge in [0.1, 0.15) is 6.54 Å². The Labute approximate surface area is 126 Å². The van der Waals surface area contributed by atoms with Crippen LogP contribution in [-0.4, -0.2) is 46.8 Å². The maximum atomic E-state index is 12.1. The van der Waals surface area contributed by atoms with Gasteiger partial charge in [0.05, 0.1) is 5.69 Å². The number of amides is 1. The van der Waals surface area contributed by atoms with Crippen molar-refractivity contribution in [1.29, 1.82) is 0 Å². The SMILES string of the molecule is Cc1cc(C)n(CC(=O)N2CCCNCC2)n1.Cl.Cl. The van der Waals surface area contributed by atoms with E-state index in [-0.39, 0.29) is 30.7 Å². The number of nitrogens with one attached hydrogen (secondary N) is 1. The smallest absolute Gasteiger partial charge is 0.244 e.